The lowest BCUT2D eigenvalue weighted by atomic mass is 9.98. The average Bonchev–Trinajstić information content (AvgIpc) is 3.46. The van der Waals surface area contributed by atoms with Crippen molar-refractivity contribution in [2.75, 3.05) is 13.2 Å². The third-order valence-corrected chi connectivity index (χ3v) is 14.1. The molecule has 0 saturated carbocycles. The van der Waals surface area contributed by atoms with Crippen molar-refractivity contribution < 1.29 is 58.2 Å². The Labute approximate surface area is 492 Å². The van der Waals surface area contributed by atoms with Gasteiger partial charge in [0.2, 0.25) is 0 Å². The summed E-state index contributed by atoms with van der Waals surface area (Å²) in [6.45, 7) is 5.79. The van der Waals surface area contributed by atoms with E-state index in [0.717, 1.165) is 135 Å². The number of esters is 3. The van der Waals surface area contributed by atoms with Gasteiger partial charge in [0.15, 0.2) is 24.6 Å². The van der Waals surface area contributed by atoms with E-state index in [1.165, 1.54) is 70.6 Å². The molecule has 3 N–H and O–H groups in total. The number of hydrogen-bond donors (Lipinski definition) is 3. The molecule has 1 heterocycles. The van der Waals surface area contributed by atoms with Crippen LogP contribution in [0, 0.1) is 0 Å². The molecule has 0 spiro atoms. The zero-order chi connectivity index (χ0) is 58.9. The maximum atomic E-state index is 13.2. The number of unbranched alkanes of at least 4 members (excludes halogenated alkanes) is 24. The molecule has 81 heavy (non-hydrogen) atoms. The van der Waals surface area contributed by atoms with Crippen LogP contribution in [0.3, 0.4) is 0 Å². The van der Waals surface area contributed by atoms with Crippen molar-refractivity contribution >= 4 is 23.9 Å². The van der Waals surface area contributed by atoms with Gasteiger partial charge in [0.1, 0.15) is 18.8 Å². The fourth-order valence-corrected chi connectivity index (χ4v) is 9.19. The Bertz CT molecular complexity index is 1780. The molecule has 12 heteroatoms. The van der Waals surface area contributed by atoms with Crippen molar-refractivity contribution in [3.63, 3.8) is 0 Å². The molecule has 0 amide bonds. The molecule has 0 aromatic carbocycles. The Balaban J connectivity index is 2.69. The number of carboxylic acid groups (broad SMARTS) is 1. The minimum Gasteiger partial charge on any atom is -0.479 e. The molecule has 0 aromatic heterocycles. The molecule has 0 bridgehead atoms. The van der Waals surface area contributed by atoms with Crippen LogP contribution in [-0.4, -0.2) is 89.2 Å². The number of allylic oxidation sites excluding steroid dienone is 16. The fourth-order valence-electron chi connectivity index (χ4n) is 9.19. The molecule has 1 rings (SSSR count). The Hall–Kier alpha value is -4.36. The van der Waals surface area contributed by atoms with Gasteiger partial charge < -0.3 is 39.0 Å². The Kier molecular flexibility index (Phi) is 51.7. The second-order valence-corrected chi connectivity index (χ2v) is 21.7. The lowest BCUT2D eigenvalue weighted by molar-refractivity contribution is -0.301. The van der Waals surface area contributed by atoms with E-state index in [1.807, 2.05) is 0 Å². The minimum atomic E-state index is -1.92. The highest BCUT2D eigenvalue weighted by molar-refractivity contribution is 5.74. The predicted octanol–water partition coefficient (Wildman–Crippen LogP) is 17.2. The maximum absolute atomic E-state index is 13.2. The quantitative estimate of drug-likeness (QED) is 0.0228. The number of ether oxygens (including phenoxy) is 5. The SMILES string of the molecule is CC/C=C\C/C=C\C/C=C\C/C=C\C/C=C\CCCCCC(=O)OCC(COC1OC(C(=O)O)C(O)C(O)C1OC(=O)CCCCCCC/C=C\C/C=C\CCC)OC(=O)CCCCCCCCCCC/C=C\CCCCCCCC. The van der Waals surface area contributed by atoms with Crippen molar-refractivity contribution in [3.8, 4) is 0 Å². The van der Waals surface area contributed by atoms with E-state index in [2.05, 4.69) is 118 Å². The Morgan fingerprint density at radius 1 is 0.420 bits per heavy atom. The van der Waals surface area contributed by atoms with Gasteiger partial charge in [-0.05, 0) is 116 Å². The van der Waals surface area contributed by atoms with Crippen LogP contribution in [0.15, 0.2) is 97.2 Å². The van der Waals surface area contributed by atoms with Gasteiger partial charge in [0.05, 0.1) is 6.61 Å². The van der Waals surface area contributed by atoms with E-state index in [0.29, 0.717) is 19.3 Å². The Morgan fingerprint density at radius 3 is 1.26 bits per heavy atom. The number of carbonyl (C=O) groups is 4. The summed E-state index contributed by atoms with van der Waals surface area (Å²) in [4.78, 5) is 51.3. The van der Waals surface area contributed by atoms with Gasteiger partial charge in [-0.1, -0.05) is 227 Å². The molecule has 1 aliphatic heterocycles. The lowest BCUT2D eigenvalue weighted by Gasteiger charge is -2.40. The summed E-state index contributed by atoms with van der Waals surface area (Å²) in [5.41, 5.74) is 0. The van der Waals surface area contributed by atoms with Gasteiger partial charge in [-0.15, -0.1) is 0 Å². The standard InChI is InChI=1S/C69H114O12/c1-4-7-10-13-16-19-22-25-27-29-31-33-35-38-40-43-46-49-52-55-61(70)77-58-60(79-62(71)56-53-50-47-44-42-39-36-34-32-30-28-26-23-20-17-14-11-8-5-2)59-78-69-67(65(74)64(73)66(81-69)68(75)76)80-63(72)57-54-51-48-45-41-37-24-21-18-15-12-9-6-3/h7,10,12,15-16,19,21,24-28,31,33,38,40,60,64-67,69,73-74H,4-6,8-9,11,13-14,17-18,20,22-23,29-30,32,34-37,39,41-59H2,1-3H3,(H,75,76)/b10-7-,15-12-,19-16-,24-21-,27-25-,28-26-,33-31-,40-38-. The summed E-state index contributed by atoms with van der Waals surface area (Å²) in [7, 11) is 0. The van der Waals surface area contributed by atoms with Crippen LogP contribution in [0.25, 0.3) is 0 Å². The number of aliphatic hydroxyl groups is 2. The molecular formula is C69H114O12. The van der Waals surface area contributed by atoms with Crippen molar-refractivity contribution in [3.05, 3.63) is 97.2 Å². The van der Waals surface area contributed by atoms with Crippen molar-refractivity contribution in [1.82, 2.24) is 0 Å². The van der Waals surface area contributed by atoms with Gasteiger partial charge in [0.25, 0.3) is 0 Å². The zero-order valence-corrected chi connectivity index (χ0v) is 51.0. The summed E-state index contributed by atoms with van der Waals surface area (Å²) < 4.78 is 28.5. The second kappa shape index (κ2) is 56.1. The van der Waals surface area contributed by atoms with Crippen LogP contribution in [0.1, 0.15) is 265 Å². The smallest absolute Gasteiger partial charge is 0.335 e. The van der Waals surface area contributed by atoms with E-state index in [-0.39, 0.29) is 25.9 Å². The number of aliphatic carboxylic acids is 1. The van der Waals surface area contributed by atoms with Gasteiger partial charge in [-0.2, -0.15) is 0 Å². The van der Waals surface area contributed by atoms with Crippen molar-refractivity contribution in [2.24, 2.45) is 0 Å². The number of rotatable bonds is 54. The largest absolute Gasteiger partial charge is 0.479 e. The summed E-state index contributed by atoms with van der Waals surface area (Å²) in [5, 5.41) is 31.5. The molecule has 6 atom stereocenters. The topological polar surface area (TPSA) is 175 Å². The minimum absolute atomic E-state index is 0.0371. The van der Waals surface area contributed by atoms with E-state index < -0.39 is 67.3 Å². The summed E-state index contributed by atoms with van der Waals surface area (Å²) in [5.74, 6) is -3.18. The highest BCUT2D eigenvalue weighted by atomic mass is 16.7. The van der Waals surface area contributed by atoms with Gasteiger partial charge in [-0.3, -0.25) is 14.4 Å². The molecule has 6 unspecified atom stereocenters. The first-order valence-corrected chi connectivity index (χ1v) is 32.2. The first-order valence-electron chi connectivity index (χ1n) is 32.2. The summed E-state index contributed by atoms with van der Waals surface area (Å²) in [6.07, 6.45) is 62.3. The third-order valence-electron chi connectivity index (χ3n) is 14.1. The highest BCUT2D eigenvalue weighted by Gasteiger charge is 2.50. The first-order chi connectivity index (χ1) is 39.6. The van der Waals surface area contributed by atoms with Crippen LogP contribution < -0.4 is 0 Å². The molecule has 0 aromatic rings. The van der Waals surface area contributed by atoms with E-state index in [4.69, 9.17) is 23.7 Å². The molecular weight excluding hydrogens is 1020 g/mol. The highest BCUT2D eigenvalue weighted by Crippen LogP contribution is 2.26. The van der Waals surface area contributed by atoms with E-state index in [9.17, 15) is 34.5 Å². The van der Waals surface area contributed by atoms with Gasteiger partial charge >= 0.3 is 23.9 Å². The van der Waals surface area contributed by atoms with Crippen LogP contribution in [0.4, 0.5) is 0 Å². The van der Waals surface area contributed by atoms with Gasteiger partial charge in [0, 0.05) is 19.3 Å². The fraction of sp³-hybridized carbons (Fsp3) is 0.710. The Morgan fingerprint density at radius 2 is 0.802 bits per heavy atom. The van der Waals surface area contributed by atoms with Crippen LogP contribution >= 0.6 is 0 Å². The summed E-state index contributed by atoms with van der Waals surface area (Å²) in [6, 6.07) is 0. The lowest BCUT2D eigenvalue weighted by Crippen LogP contribution is -2.61. The van der Waals surface area contributed by atoms with Crippen molar-refractivity contribution in [1.29, 1.82) is 0 Å². The first kappa shape index (κ1) is 74.7. The molecule has 462 valence electrons. The number of carbonyl (C=O) groups excluding carboxylic acids is 3. The van der Waals surface area contributed by atoms with E-state index >= 15 is 0 Å². The molecule has 12 nitrogen and oxygen atoms in total. The van der Waals surface area contributed by atoms with Gasteiger partial charge in [-0.25, -0.2) is 4.79 Å². The molecule has 1 fully saturated rings. The van der Waals surface area contributed by atoms with Crippen LogP contribution in [0.2, 0.25) is 0 Å². The average molecular weight is 1140 g/mol. The maximum Gasteiger partial charge on any atom is 0.335 e. The number of carboxylic acids is 1. The molecule has 0 aliphatic carbocycles. The van der Waals surface area contributed by atoms with E-state index in [1.54, 1.807) is 0 Å². The number of aliphatic hydroxyl groups excluding tert-OH is 2. The zero-order valence-electron chi connectivity index (χ0n) is 51.0. The van der Waals surface area contributed by atoms with Crippen molar-refractivity contribution in [2.45, 2.75) is 302 Å². The normalized spacial score (nSPS) is 18.4. The third kappa shape index (κ3) is 45.8. The molecule has 1 aliphatic rings. The molecule has 0 radical (unpaired) electrons. The number of hydrogen-bond acceptors (Lipinski definition) is 11. The summed E-state index contributed by atoms with van der Waals surface area (Å²) >= 11 is 0. The second-order valence-electron chi connectivity index (χ2n) is 21.7. The van der Waals surface area contributed by atoms with Crippen LogP contribution in [-0.2, 0) is 42.9 Å². The monoisotopic (exact) mass is 1130 g/mol. The van der Waals surface area contributed by atoms with Crippen LogP contribution in [0.5, 0.6) is 0 Å². The predicted molar refractivity (Wildman–Crippen MR) is 331 cm³/mol. The molecule has 1 saturated heterocycles.